The Bertz CT molecular complexity index is 1450. The number of nitro groups is 1. The molecular weight excluding hydrogens is 534 g/mol. The monoisotopic (exact) mass is 571 g/mol. The lowest BCUT2D eigenvalue weighted by Crippen LogP contribution is -2.53. The summed E-state index contributed by atoms with van der Waals surface area (Å²) in [5.41, 5.74) is 2.60. The summed E-state index contributed by atoms with van der Waals surface area (Å²) in [6.07, 6.45) is 0.862. The Morgan fingerprint density at radius 1 is 0.976 bits per heavy atom. The highest BCUT2D eigenvalue weighted by Gasteiger charge is 2.40. The molecule has 10 heteroatoms. The van der Waals surface area contributed by atoms with Crippen LogP contribution in [0.15, 0.2) is 78.9 Å². The van der Waals surface area contributed by atoms with E-state index in [1.807, 2.05) is 82.3 Å². The number of hydrogen-bond acceptors (Lipinski definition) is 5. The first kappa shape index (κ1) is 30.2. The number of benzene rings is 3. The largest absolute Gasteiger partial charge is 0.350 e. The number of nitrogens with one attached hydrogen (secondary N) is 3. The summed E-state index contributed by atoms with van der Waals surface area (Å²) < 4.78 is 0. The molecule has 0 radical (unpaired) electrons. The van der Waals surface area contributed by atoms with Crippen molar-refractivity contribution in [3.05, 3.63) is 106 Å². The van der Waals surface area contributed by atoms with Crippen molar-refractivity contribution >= 4 is 29.2 Å². The molecule has 0 saturated carbocycles. The van der Waals surface area contributed by atoms with Crippen LogP contribution in [0.5, 0.6) is 0 Å². The predicted molar refractivity (Wildman–Crippen MR) is 161 cm³/mol. The van der Waals surface area contributed by atoms with Crippen molar-refractivity contribution in [1.29, 1.82) is 0 Å². The van der Waals surface area contributed by atoms with E-state index >= 15 is 0 Å². The standard InChI is InChI=1S/C32H37N5O5/c1-21-11-8-9-16-26(21)23-17-27(34-31(40)33-24-14-10-15-25(19-24)37(41)42)30(39)36(20-29(38)35-32(2,3)4)28(18-23)22-12-6-5-7-13-22/h5-16,19,23,27-28H,17-18,20H2,1-4H3,(H,35,38)(H2,33,34,40)/t23-,27+,28+/m0/s1. The normalized spacial score (nSPS) is 19.0. The van der Waals surface area contributed by atoms with Gasteiger partial charge in [-0.25, -0.2) is 4.79 Å². The van der Waals surface area contributed by atoms with E-state index in [-0.39, 0.29) is 35.7 Å². The van der Waals surface area contributed by atoms with Crippen LogP contribution in [0.1, 0.15) is 62.3 Å². The highest BCUT2D eigenvalue weighted by atomic mass is 16.6. The molecule has 0 aliphatic carbocycles. The minimum atomic E-state index is -0.954. The Hall–Kier alpha value is -4.73. The molecule has 3 aromatic carbocycles. The van der Waals surface area contributed by atoms with Gasteiger partial charge in [0.2, 0.25) is 11.8 Å². The van der Waals surface area contributed by atoms with Gasteiger partial charge in [-0.2, -0.15) is 0 Å². The van der Waals surface area contributed by atoms with E-state index in [4.69, 9.17) is 0 Å². The number of nitro benzene ring substituents is 1. The third-order valence-corrected chi connectivity index (χ3v) is 7.25. The van der Waals surface area contributed by atoms with Crippen molar-refractivity contribution in [3.8, 4) is 0 Å². The minimum Gasteiger partial charge on any atom is -0.350 e. The van der Waals surface area contributed by atoms with E-state index in [1.165, 1.54) is 24.3 Å². The summed E-state index contributed by atoms with van der Waals surface area (Å²) in [5.74, 6) is -0.789. The van der Waals surface area contributed by atoms with Crippen molar-refractivity contribution < 1.29 is 19.3 Å². The molecule has 3 atom stereocenters. The number of non-ortho nitro benzene ring substituents is 1. The van der Waals surface area contributed by atoms with Gasteiger partial charge in [0, 0.05) is 23.4 Å². The second-order valence-electron chi connectivity index (χ2n) is 11.7. The predicted octanol–water partition coefficient (Wildman–Crippen LogP) is 5.46. The second-order valence-corrected chi connectivity index (χ2v) is 11.7. The first-order valence-electron chi connectivity index (χ1n) is 13.9. The molecule has 220 valence electrons. The van der Waals surface area contributed by atoms with Gasteiger partial charge in [0.15, 0.2) is 0 Å². The van der Waals surface area contributed by atoms with Crippen LogP contribution in [0.3, 0.4) is 0 Å². The highest BCUT2D eigenvalue weighted by Crippen LogP contribution is 2.40. The van der Waals surface area contributed by atoms with Crippen molar-refractivity contribution in [2.24, 2.45) is 0 Å². The summed E-state index contributed by atoms with van der Waals surface area (Å²) in [4.78, 5) is 52.8. The minimum absolute atomic E-state index is 0.112. The zero-order valence-electron chi connectivity index (χ0n) is 24.3. The number of nitrogens with zero attached hydrogens (tertiary/aromatic N) is 2. The molecular formula is C32H37N5O5. The van der Waals surface area contributed by atoms with Crippen LogP contribution in [0.2, 0.25) is 0 Å². The quantitative estimate of drug-likeness (QED) is 0.256. The van der Waals surface area contributed by atoms with Gasteiger partial charge in [0.1, 0.15) is 12.6 Å². The van der Waals surface area contributed by atoms with Crippen LogP contribution in [0.25, 0.3) is 0 Å². The van der Waals surface area contributed by atoms with Gasteiger partial charge in [-0.3, -0.25) is 19.7 Å². The summed E-state index contributed by atoms with van der Waals surface area (Å²) in [6, 6.07) is 21.1. The third-order valence-electron chi connectivity index (χ3n) is 7.25. The number of hydrogen-bond donors (Lipinski definition) is 3. The molecule has 0 spiro atoms. The summed E-state index contributed by atoms with van der Waals surface area (Å²) in [5, 5.41) is 19.6. The molecule has 0 unspecified atom stereocenters. The molecule has 1 fully saturated rings. The van der Waals surface area contributed by atoms with Gasteiger partial charge < -0.3 is 20.9 Å². The third kappa shape index (κ3) is 7.72. The van der Waals surface area contributed by atoms with Gasteiger partial charge in [-0.1, -0.05) is 60.7 Å². The summed E-state index contributed by atoms with van der Waals surface area (Å²) >= 11 is 0. The number of amides is 4. The van der Waals surface area contributed by atoms with Gasteiger partial charge in [0.05, 0.1) is 11.0 Å². The second kappa shape index (κ2) is 12.8. The first-order valence-corrected chi connectivity index (χ1v) is 13.9. The van der Waals surface area contributed by atoms with Gasteiger partial charge in [-0.05, 0) is 69.2 Å². The van der Waals surface area contributed by atoms with E-state index in [9.17, 15) is 24.5 Å². The molecule has 1 aliphatic heterocycles. The Labute approximate surface area is 245 Å². The van der Waals surface area contributed by atoms with Crippen LogP contribution in [0.4, 0.5) is 16.2 Å². The summed E-state index contributed by atoms with van der Waals surface area (Å²) in [6.45, 7) is 7.47. The lowest BCUT2D eigenvalue weighted by molar-refractivity contribution is -0.384. The molecule has 3 N–H and O–H groups in total. The number of carbonyl (C=O) groups excluding carboxylic acids is 3. The molecule has 42 heavy (non-hydrogen) atoms. The van der Waals surface area contributed by atoms with Crippen molar-refractivity contribution in [2.75, 3.05) is 11.9 Å². The van der Waals surface area contributed by atoms with Crippen molar-refractivity contribution in [2.45, 2.75) is 64.1 Å². The Kier molecular flexibility index (Phi) is 9.25. The molecule has 3 aromatic rings. The fraction of sp³-hybridized carbons (Fsp3) is 0.344. The smallest absolute Gasteiger partial charge is 0.319 e. The van der Waals surface area contributed by atoms with E-state index < -0.39 is 28.6 Å². The van der Waals surface area contributed by atoms with Crippen LogP contribution >= 0.6 is 0 Å². The van der Waals surface area contributed by atoms with Crippen LogP contribution in [-0.4, -0.2) is 45.8 Å². The maximum Gasteiger partial charge on any atom is 0.319 e. The van der Waals surface area contributed by atoms with E-state index in [0.29, 0.717) is 12.8 Å². The maximum absolute atomic E-state index is 14.2. The molecule has 1 saturated heterocycles. The fourth-order valence-corrected chi connectivity index (χ4v) is 5.47. The zero-order valence-corrected chi connectivity index (χ0v) is 24.3. The molecule has 10 nitrogen and oxygen atoms in total. The average Bonchev–Trinajstić information content (AvgIpc) is 3.05. The number of urea groups is 1. The van der Waals surface area contributed by atoms with Crippen LogP contribution in [0, 0.1) is 17.0 Å². The molecule has 1 heterocycles. The van der Waals surface area contributed by atoms with Gasteiger partial charge in [-0.15, -0.1) is 0 Å². The van der Waals surface area contributed by atoms with E-state index in [0.717, 1.165) is 16.7 Å². The Morgan fingerprint density at radius 3 is 2.33 bits per heavy atom. The lowest BCUT2D eigenvalue weighted by atomic mass is 9.84. The van der Waals surface area contributed by atoms with Crippen LogP contribution < -0.4 is 16.0 Å². The zero-order chi connectivity index (χ0) is 30.4. The highest BCUT2D eigenvalue weighted by molar-refractivity contribution is 5.95. The average molecular weight is 572 g/mol. The van der Waals surface area contributed by atoms with E-state index in [1.54, 1.807) is 4.90 Å². The molecule has 0 aromatic heterocycles. The SMILES string of the molecule is Cc1ccccc1[C@@H]1C[C@H](c2ccccc2)N(CC(=O)NC(C)(C)C)C(=O)[C@H](NC(=O)Nc2cccc([N+](=O)[O-])c2)C1. The lowest BCUT2D eigenvalue weighted by Gasteiger charge is -2.33. The van der Waals surface area contributed by atoms with Gasteiger partial charge >= 0.3 is 6.03 Å². The number of rotatable bonds is 7. The fourth-order valence-electron chi connectivity index (χ4n) is 5.47. The molecule has 4 rings (SSSR count). The number of anilines is 1. The number of likely N-dealkylation sites (tertiary alicyclic amines) is 1. The number of carbonyl (C=O) groups is 3. The summed E-state index contributed by atoms with van der Waals surface area (Å²) in [7, 11) is 0. The van der Waals surface area contributed by atoms with Crippen molar-refractivity contribution in [3.63, 3.8) is 0 Å². The number of aryl methyl sites for hydroxylation is 1. The van der Waals surface area contributed by atoms with E-state index in [2.05, 4.69) is 16.0 Å². The molecule has 0 bridgehead atoms. The topological polar surface area (TPSA) is 134 Å². The maximum atomic E-state index is 14.2. The molecule has 4 amide bonds. The molecule has 1 aliphatic rings. The Balaban J connectivity index is 1.70. The van der Waals surface area contributed by atoms with Crippen LogP contribution in [-0.2, 0) is 9.59 Å². The first-order chi connectivity index (χ1) is 19.9. The Morgan fingerprint density at radius 2 is 1.67 bits per heavy atom. The van der Waals surface area contributed by atoms with Crippen molar-refractivity contribution in [1.82, 2.24) is 15.5 Å². The van der Waals surface area contributed by atoms with Gasteiger partial charge in [0.25, 0.3) is 5.69 Å².